The van der Waals surface area contributed by atoms with Crippen LogP contribution in [-0.2, 0) is 9.53 Å². The van der Waals surface area contributed by atoms with Crippen LogP contribution in [0.15, 0.2) is 77.2 Å². The van der Waals surface area contributed by atoms with Gasteiger partial charge in [-0.1, -0.05) is 44.5 Å². The number of hydrogen-bond acceptors (Lipinski definition) is 6. The topological polar surface area (TPSA) is 93.5 Å². The number of ether oxygens (including phenoxy) is 1. The van der Waals surface area contributed by atoms with Gasteiger partial charge in [0.05, 0.1) is 19.1 Å². The van der Waals surface area contributed by atoms with Crippen molar-refractivity contribution in [3.8, 4) is 11.5 Å². The fourth-order valence-electron chi connectivity index (χ4n) is 4.13. The summed E-state index contributed by atoms with van der Waals surface area (Å²) >= 11 is 0. The number of hydrogen-bond donors (Lipinski definition) is 2. The van der Waals surface area contributed by atoms with Crippen molar-refractivity contribution in [1.29, 1.82) is 0 Å². The number of nitrogens with one attached hydrogen (secondary N) is 2. The lowest BCUT2D eigenvalue weighted by atomic mass is 9.91. The fourth-order valence-corrected chi connectivity index (χ4v) is 4.13. The first kappa shape index (κ1) is 25.9. The summed E-state index contributed by atoms with van der Waals surface area (Å²) in [6.07, 6.45) is 1.16. The molecule has 0 aliphatic carbocycles. The Morgan fingerprint density at radius 3 is 2.38 bits per heavy atom. The van der Waals surface area contributed by atoms with Crippen molar-refractivity contribution in [2.45, 2.75) is 39.7 Å². The van der Waals surface area contributed by atoms with E-state index in [2.05, 4.69) is 41.6 Å². The molecule has 1 aromatic heterocycles. The molecule has 0 fully saturated rings. The van der Waals surface area contributed by atoms with Crippen LogP contribution in [0.3, 0.4) is 0 Å². The van der Waals surface area contributed by atoms with E-state index in [0.717, 1.165) is 34.3 Å². The summed E-state index contributed by atoms with van der Waals surface area (Å²) < 4.78 is 10.8. The number of benzene rings is 3. The lowest BCUT2D eigenvalue weighted by molar-refractivity contribution is -0.142. The van der Waals surface area contributed by atoms with Crippen LogP contribution < -0.4 is 10.6 Å². The number of amides is 1. The lowest BCUT2D eigenvalue weighted by Crippen LogP contribution is -2.26. The second kappa shape index (κ2) is 12.2. The first-order valence-electron chi connectivity index (χ1n) is 12.7. The maximum absolute atomic E-state index is 12.4. The Hall–Kier alpha value is -4.13. The molecule has 192 valence electrons. The minimum absolute atomic E-state index is 0.0898. The Morgan fingerprint density at radius 1 is 0.973 bits per heavy atom. The molecule has 0 radical (unpaired) electrons. The van der Waals surface area contributed by atoms with Crippen LogP contribution in [0, 0.1) is 5.92 Å². The minimum atomic E-state index is -0.319. The summed E-state index contributed by atoms with van der Waals surface area (Å²) in [7, 11) is 0. The molecule has 4 aromatic rings. The summed E-state index contributed by atoms with van der Waals surface area (Å²) in [4.78, 5) is 28.4. The third-order valence-corrected chi connectivity index (χ3v) is 6.41. The van der Waals surface area contributed by atoms with Gasteiger partial charge in [-0.15, -0.1) is 0 Å². The van der Waals surface area contributed by atoms with Gasteiger partial charge in [0.15, 0.2) is 5.58 Å². The van der Waals surface area contributed by atoms with Gasteiger partial charge in [0, 0.05) is 23.4 Å². The average Bonchev–Trinajstić information content (AvgIpc) is 3.36. The molecule has 0 saturated carbocycles. The molecule has 2 N–H and O–H groups in total. The lowest BCUT2D eigenvalue weighted by Gasteiger charge is -2.26. The number of oxazole rings is 1. The molecule has 0 aliphatic heterocycles. The Morgan fingerprint density at radius 2 is 1.70 bits per heavy atom. The Labute approximate surface area is 217 Å². The summed E-state index contributed by atoms with van der Waals surface area (Å²) in [5.74, 6) is 0.447. The van der Waals surface area contributed by atoms with Crippen LogP contribution >= 0.6 is 0 Å². The summed E-state index contributed by atoms with van der Waals surface area (Å²) in [5, 5.41) is 6.39. The number of nitrogens with zero attached hydrogens (tertiary/aromatic N) is 1. The first-order chi connectivity index (χ1) is 18.0. The SMILES string of the molecule is CCOC(=O)CCNC(=O)c1ccc(NC(c2ccc(-c3nc4ccccc4o3)cc2)C(C)CC)cc1. The maximum Gasteiger partial charge on any atom is 0.307 e. The highest BCUT2D eigenvalue weighted by Crippen LogP contribution is 2.31. The van der Waals surface area contributed by atoms with Crippen molar-refractivity contribution in [2.24, 2.45) is 5.92 Å². The van der Waals surface area contributed by atoms with Crippen molar-refractivity contribution in [2.75, 3.05) is 18.5 Å². The standard InChI is InChI=1S/C30H33N3O4/c1-4-20(3)28(21-10-12-23(13-11-21)30-33-25-8-6-7-9-26(25)37-30)32-24-16-14-22(15-17-24)29(35)31-19-18-27(34)36-5-2/h6-17,20,28,32H,4-5,18-19H2,1-3H3,(H,31,35). The van der Waals surface area contributed by atoms with Gasteiger partial charge in [0.25, 0.3) is 5.91 Å². The van der Waals surface area contributed by atoms with Crippen LogP contribution in [0.5, 0.6) is 0 Å². The van der Waals surface area contributed by atoms with E-state index in [-0.39, 0.29) is 30.9 Å². The number of rotatable bonds is 11. The van der Waals surface area contributed by atoms with Crippen LogP contribution in [-0.4, -0.2) is 30.0 Å². The van der Waals surface area contributed by atoms with Crippen molar-refractivity contribution >= 4 is 28.7 Å². The number of para-hydroxylation sites is 2. The summed E-state index contributed by atoms with van der Waals surface area (Å²) in [6.45, 7) is 6.73. The molecule has 3 aromatic carbocycles. The molecular formula is C30H33N3O4. The van der Waals surface area contributed by atoms with Crippen LogP contribution in [0.2, 0.25) is 0 Å². The molecule has 0 aliphatic rings. The Kier molecular flexibility index (Phi) is 8.56. The second-order valence-electron chi connectivity index (χ2n) is 9.00. The van der Waals surface area contributed by atoms with Crippen molar-refractivity contribution < 1.29 is 18.7 Å². The monoisotopic (exact) mass is 499 g/mol. The smallest absolute Gasteiger partial charge is 0.307 e. The molecule has 1 heterocycles. The van der Waals surface area contributed by atoms with Crippen LogP contribution in [0.1, 0.15) is 55.6 Å². The van der Waals surface area contributed by atoms with Gasteiger partial charge in [-0.3, -0.25) is 9.59 Å². The fraction of sp³-hybridized carbons (Fsp3) is 0.300. The third-order valence-electron chi connectivity index (χ3n) is 6.41. The highest BCUT2D eigenvalue weighted by molar-refractivity contribution is 5.94. The highest BCUT2D eigenvalue weighted by atomic mass is 16.5. The van der Waals surface area contributed by atoms with Crippen LogP contribution in [0.25, 0.3) is 22.6 Å². The summed E-state index contributed by atoms with van der Waals surface area (Å²) in [6, 6.07) is 23.5. The number of aromatic nitrogens is 1. The van der Waals surface area contributed by atoms with Crippen molar-refractivity contribution in [3.63, 3.8) is 0 Å². The Bertz CT molecular complexity index is 1300. The predicted octanol–water partition coefficient (Wildman–Crippen LogP) is 6.38. The number of carbonyl (C=O) groups excluding carboxylic acids is 2. The van der Waals surface area contributed by atoms with Crippen molar-refractivity contribution in [1.82, 2.24) is 10.3 Å². The second-order valence-corrected chi connectivity index (χ2v) is 9.00. The zero-order valence-corrected chi connectivity index (χ0v) is 21.5. The van der Waals surface area contributed by atoms with E-state index in [0.29, 0.717) is 24.0 Å². The number of esters is 1. The van der Waals surface area contributed by atoms with E-state index in [1.807, 2.05) is 48.5 Å². The van der Waals surface area contributed by atoms with E-state index in [1.54, 1.807) is 19.1 Å². The highest BCUT2D eigenvalue weighted by Gasteiger charge is 2.19. The minimum Gasteiger partial charge on any atom is -0.466 e. The molecule has 2 unspecified atom stereocenters. The van der Waals surface area contributed by atoms with Gasteiger partial charge in [-0.05, 0) is 66.9 Å². The van der Waals surface area contributed by atoms with E-state index in [9.17, 15) is 9.59 Å². The van der Waals surface area contributed by atoms with E-state index in [4.69, 9.17) is 9.15 Å². The molecule has 0 bridgehead atoms. The van der Waals surface area contributed by atoms with Crippen molar-refractivity contribution in [3.05, 3.63) is 83.9 Å². The number of anilines is 1. The first-order valence-corrected chi connectivity index (χ1v) is 12.7. The molecule has 4 rings (SSSR count). The van der Waals surface area contributed by atoms with Gasteiger partial charge in [0.1, 0.15) is 5.52 Å². The Balaban J connectivity index is 1.42. The molecule has 7 heteroatoms. The van der Waals surface area contributed by atoms with Gasteiger partial charge in [-0.2, -0.15) is 0 Å². The van der Waals surface area contributed by atoms with Gasteiger partial charge in [-0.25, -0.2) is 4.98 Å². The van der Waals surface area contributed by atoms with E-state index >= 15 is 0 Å². The number of fused-ring (bicyclic) bond motifs is 1. The largest absolute Gasteiger partial charge is 0.466 e. The quantitative estimate of drug-likeness (QED) is 0.233. The third kappa shape index (κ3) is 6.55. The predicted molar refractivity (Wildman–Crippen MR) is 145 cm³/mol. The summed E-state index contributed by atoms with van der Waals surface area (Å²) in [5.41, 5.74) is 5.18. The normalized spacial score (nSPS) is 12.6. The molecule has 0 saturated heterocycles. The molecule has 37 heavy (non-hydrogen) atoms. The van der Waals surface area contributed by atoms with Crippen LogP contribution in [0.4, 0.5) is 5.69 Å². The van der Waals surface area contributed by atoms with E-state index in [1.165, 1.54) is 0 Å². The van der Waals surface area contributed by atoms with Gasteiger partial charge in [0.2, 0.25) is 5.89 Å². The molecular weight excluding hydrogens is 466 g/mol. The molecule has 2 atom stereocenters. The van der Waals surface area contributed by atoms with Gasteiger partial charge >= 0.3 is 5.97 Å². The zero-order chi connectivity index (χ0) is 26.2. The van der Waals surface area contributed by atoms with E-state index < -0.39 is 0 Å². The zero-order valence-electron chi connectivity index (χ0n) is 21.5. The molecule has 0 spiro atoms. The average molecular weight is 500 g/mol. The molecule has 1 amide bonds. The number of carbonyl (C=O) groups is 2. The van der Waals surface area contributed by atoms with Gasteiger partial charge < -0.3 is 19.8 Å². The maximum atomic E-state index is 12.4. The molecule has 7 nitrogen and oxygen atoms in total.